The summed E-state index contributed by atoms with van der Waals surface area (Å²) in [5.74, 6) is -0.485. The van der Waals surface area contributed by atoms with Gasteiger partial charge in [-0.3, -0.25) is 9.59 Å². The van der Waals surface area contributed by atoms with Gasteiger partial charge in [-0.2, -0.15) is 0 Å². The molecule has 0 aromatic heterocycles. The Balaban J connectivity index is 2.02. The van der Waals surface area contributed by atoms with Crippen LogP contribution < -0.4 is 0 Å². The molecule has 3 nitrogen and oxygen atoms in total. The summed E-state index contributed by atoms with van der Waals surface area (Å²) < 4.78 is 5.29. The average molecular weight is 336 g/mol. The molecule has 25 heavy (non-hydrogen) atoms. The van der Waals surface area contributed by atoms with E-state index in [0.717, 1.165) is 17.5 Å². The number of carbonyl (C=O) groups is 2. The maximum Gasteiger partial charge on any atom is 0.319 e. The van der Waals surface area contributed by atoms with Gasteiger partial charge in [-0.05, 0) is 37.3 Å². The number of hydrogen-bond donors (Lipinski definition) is 0. The fourth-order valence-corrected chi connectivity index (χ4v) is 3.90. The molecule has 0 amide bonds. The third-order valence-electron chi connectivity index (χ3n) is 5.40. The normalized spacial score (nSPS) is 26.2. The van der Waals surface area contributed by atoms with Crippen LogP contribution in [0.25, 0.3) is 0 Å². The van der Waals surface area contributed by atoms with E-state index in [1.165, 1.54) is 0 Å². The first-order valence-electron chi connectivity index (χ1n) is 8.87. The first-order chi connectivity index (χ1) is 12.1. The van der Waals surface area contributed by atoms with Gasteiger partial charge in [0.05, 0.1) is 6.61 Å². The minimum Gasteiger partial charge on any atom is -0.465 e. The highest BCUT2D eigenvalue weighted by Crippen LogP contribution is 2.50. The lowest BCUT2D eigenvalue weighted by atomic mass is 9.60. The van der Waals surface area contributed by atoms with Crippen LogP contribution >= 0.6 is 0 Å². The fraction of sp³-hybridized carbons (Fsp3) is 0.364. The average Bonchev–Trinajstić information content (AvgIpc) is 2.65. The quantitative estimate of drug-likeness (QED) is 0.610. The molecule has 0 heterocycles. The highest BCUT2D eigenvalue weighted by Gasteiger charge is 2.53. The van der Waals surface area contributed by atoms with Gasteiger partial charge in [-0.25, -0.2) is 0 Å². The minimum absolute atomic E-state index is 0.0279. The van der Waals surface area contributed by atoms with Gasteiger partial charge in [0.15, 0.2) is 5.78 Å². The summed E-state index contributed by atoms with van der Waals surface area (Å²) in [4.78, 5) is 25.8. The number of benzene rings is 2. The number of rotatable bonds is 4. The SMILES string of the molecule is CCOC(=O)[C@]1(C)C(=O)C[C@@H](c2ccccc2)C[C@@H]1c1ccccc1. The summed E-state index contributed by atoms with van der Waals surface area (Å²) in [6, 6.07) is 20.0. The van der Waals surface area contributed by atoms with Crippen molar-refractivity contribution in [2.45, 2.75) is 38.5 Å². The Morgan fingerprint density at radius 2 is 1.60 bits per heavy atom. The van der Waals surface area contributed by atoms with Gasteiger partial charge in [0.1, 0.15) is 5.41 Å². The van der Waals surface area contributed by atoms with Crippen LogP contribution in [0.4, 0.5) is 0 Å². The van der Waals surface area contributed by atoms with E-state index < -0.39 is 11.4 Å². The molecular formula is C22H24O3. The molecule has 0 saturated heterocycles. The lowest BCUT2D eigenvalue weighted by Crippen LogP contribution is -2.47. The van der Waals surface area contributed by atoms with E-state index in [0.29, 0.717) is 6.42 Å². The zero-order valence-electron chi connectivity index (χ0n) is 14.8. The van der Waals surface area contributed by atoms with Crippen LogP contribution in [0.5, 0.6) is 0 Å². The van der Waals surface area contributed by atoms with Crippen LogP contribution in [0, 0.1) is 5.41 Å². The molecule has 0 radical (unpaired) electrons. The van der Waals surface area contributed by atoms with E-state index in [1.807, 2.05) is 48.5 Å². The molecule has 2 aromatic rings. The third-order valence-corrected chi connectivity index (χ3v) is 5.40. The van der Waals surface area contributed by atoms with Crippen LogP contribution in [-0.4, -0.2) is 18.4 Å². The Labute approximate surface area is 149 Å². The van der Waals surface area contributed by atoms with Crippen molar-refractivity contribution in [2.75, 3.05) is 6.61 Å². The topological polar surface area (TPSA) is 43.4 Å². The maximum absolute atomic E-state index is 13.1. The van der Waals surface area contributed by atoms with Gasteiger partial charge in [0.25, 0.3) is 0 Å². The molecule has 0 spiro atoms. The second-order valence-electron chi connectivity index (χ2n) is 6.86. The molecule has 130 valence electrons. The van der Waals surface area contributed by atoms with Crippen molar-refractivity contribution in [3.8, 4) is 0 Å². The second-order valence-corrected chi connectivity index (χ2v) is 6.86. The number of carbonyl (C=O) groups excluding carboxylic acids is 2. The van der Waals surface area contributed by atoms with Crippen molar-refractivity contribution in [1.29, 1.82) is 0 Å². The summed E-state index contributed by atoms with van der Waals surface area (Å²) in [6.45, 7) is 3.82. The maximum atomic E-state index is 13.1. The van der Waals surface area contributed by atoms with Crippen LogP contribution in [0.3, 0.4) is 0 Å². The summed E-state index contributed by atoms with van der Waals surface area (Å²) in [6.07, 6.45) is 1.14. The van der Waals surface area contributed by atoms with Gasteiger partial charge >= 0.3 is 5.97 Å². The van der Waals surface area contributed by atoms with Crippen LogP contribution in [-0.2, 0) is 14.3 Å². The minimum atomic E-state index is -1.12. The second kappa shape index (κ2) is 7.22. The predicted octanol–water partition coefficient (Wildman–Crippen LogP) is 4.49. The largest absolute Gasteiger partial charge is 0.465 e. The van der Waals surface area contributed by atoms with Crippen molar-refractivity contribution in [2.24, 2.45) is 5.41 Å². The number of Topliss-reactive ketones (excluding diaryl/α,β-unsaturated/α-hetero) is 1. The zero-order valence-corrected chi connectivity index (χ0v) is 14.8. The van der Waals surface area contributed by atoms with E-state index in [1.54, 1.807) is 13.8 Å². The summed E-state index contributed by atoms with van der Waals surface area (Å²) in [5, 5.41) is 0. The van der Waals surface area contributed by atoms with Crippen molar-refractivity contribution < 1.29 is 14.3 Å². The Morgan fingerprint density at radius 1 is 1.04 bits per heavy atom. The van der Waals surface area contributed by atoms with E-state index in [4.69, 9.17) is 4.74 Å². The highest BCUT2D eigenvalue weighted by molar-refractivity contribution is 6.05. The first-order valence-corrected chi connectivity index (χ1v) is 8.87. The molecule has 3 rings (SSSR count). The molecule has 0 bridgehead atoms. The van der Waals surface area contributed by atoms with Crippen molar-refractivity contribution in [3.63, 3.8) is 0 Å². The van der Waals surface area contributed by atoms with Crippen molar-refractivity contribution >= 4 is 11.8 Å². The fourth-order valence-electron chi connectivity index (χ4n) is 3.90. The molecule has 1 saturated carbocycles. The Kier molecular flexibility index (Phi) is 5.03. The lowest BCUT2D eigenvalue weighted by Gasteiger charge is -2.41. The molecule has 3 heteroatoms. The summed E-state index contributed by atoms with van der Waals surface area (Å²) >= 11 is 0. The van der Waals surface area contributed by atoms with E-state index in [9.17, 15) is 9.59 Å². The van der Waals surface area contributed by atoms with Gasteiger partial charge in [-0.15, -0.1) is 0 Å². The summed E-state index contributed by atoms with van der Waals surface area (Å²) in [7, 11) is 0. The van der Waals surface area contributed by atoms with Gasteiger partial charge < -0.3 is 4.74 Å². The highest BCUT2D eigenvalue weighted by atomic mass is 16.5. The monoisotopic (exact) mass is 336 g/mol. The Bertz CT molecular complexity index is 738. The molecule has 0 unspecified atom stereocenters. The van der Waals surface area contributed by atoms with Gasteiger partial charge in [0.2, 0.25) is 0 Å². The molecule has 0 aliphatic heterocycles. The molecule has 2 aromatic carbocycles. The van der Waals surface area contributed by atoms with Crippen LogP contribution in [0.2, 0.25) is 0 Å². The number of ketones is 1. The summed E-state index contributed by atoms with van der Waals surface area (Å²) in [5.41, 5.74) is 1.05. The molecule has 1 aliphatic carbocycles. The standard InChI is InChI=1S/C22H24O3/c1-3-25-21(24)22(2)19(17-12-8-5-9-13-17)14-18(15-20(22)23)16-10-6-4-7-11-16/h4-13,18-19H,3,14-15H2,1-2H3/t18-,19+,22-/m0/s1. The third kappa shape index (κ3) is 3.23. The van der Waals surface area contributed by atoms with E-state index in [-0.39, 0.29) is 24.2 Å². The first kappa shape index (κ1) is 17.4. The predicted molar refractivity (Wildman–Crippen MR) is 97.3 cm³/mol. The molecule has 0 N–H and O–H groups in total. The molecular weight excluding hydrogens is 312 g/mol. The molecule has 1 fully saturated rings. The number of hydrogen-bond acceptors (Lipinski definition) is 3. The Hall–Kier alpha value is -2.42. The number of ether oxygens (including phenoxy) is 1. The zero-order chi connectivity index (χ0) is 17.9. The van der Waals surface area contributed by atoms with Crippen LogP contribution in [0.15, 0.2) is 60.7 Å². The smallest absolute Gasteiger partial charge is 0.319 e. The Morgan fingerprint density at radius 3 is 2.16 bits per heavy atom. The van der Waals surface area contributed by atoms with E-state index >= 15 is 0 Å². The molecule has 3 atom stereocenters. The van der Waals surface area contributed by atoms with Crippen molar-refractivity contribution in [3.05, 3.63) is 71.8 Å². The van der Waals surface area contributed by atoms with Gasteiger partial charge in [0, 0.05) is 12.3 Å². The molecule has 1 aliphatic rings. The van der Waals surface area contributed by atoms with Crippen molar-refractivity contribution in [1.82, 2.24) is 0 Å². The van der Waals surface area contributed by atoms with Gasteiger partial charge in [-0.1, -0.05) is 60.7 Å². The van der Waals surface area contributed by atoms with E-state index in [2.05, 4.69) is 12.1 Å². The van der Waals surface area contributed by atoms with Crippen LogP contribution in [0.1, 0.15) is 49.7 Å². The number of esters is 1. The lowest BCUT2D eigenvalue weighted by molar-refractivity contribution is -0.162.